The minimum atomic E-state index is -0.00235. The molecule has 0 heterocycles. The van der Waals surface area contributed by atoms with E-state index in [1.54, 1.807) is 0 Å². The molecule has 0 unspecified atom stereocenters. The van der Waals surface area contributed by atoms with Crippen LogP contribution in [0.2, 0.25) is 0 Å². The molecule has 0 fully saturated rings. The minimum Gasteiger partial charge on any atom is -0.490 e. The van der Waals surface area contributed by atoms with Crippen LogP contribution in [0.25, 0.3) is 0 Å². The molecule has 2 nitrogen and oxygen atoms in total. The van der Waals surface area contributed by atoms with Crippen LogP contribution in [0.3, 0.4) is 0 Å². The summed E-state index contributed by atoms with van der Waals surface area (Å²) in [6.07, 6.45) is 2.30. The van der Waals surface area contributed by atoms with E-state index >= 15 is 0 Å². The fourth-order valence-corrected chi connectivity index (χ4v) is 1.96. The van der Waals surface area contributed by atoms with Crippen LogP contribution in [0.15, 0.2) is 22.7 Å². The van der Waals surface area contributed by atoms with E-state index < -0.39 is 0 Å². The Morgan fingerprint density at radius 3 is 2.44 bits per heavy atom. The smallest absolute Gasteiger partial charge is 0.125 e. The van der Waals surface area contributed by atoms with Crippen LogP contribution in [-0.4, -0.2) is 6.10 Å². The molecule has 1 atom stereocenters. The molecule has 0 spiro atoms. The Hall–Kier alpha value is -0.540. The van der Waals surface area contributed by atoms with Crippen molar-refractivity contribution in [2.75, 3.05) is 0 Å². The summed E-state index contributed by atoms with van der Waals surface area (Å²) in [6.45, 7) is 6.25. The fourth-order valence-electron chi connectivity index (χ4n) is 1.62. The van der Waals surface area contributed by atoms with Crippen molar-refractivity contribution >= 4 is 15.9 Å². The average Bonchev–Trinajstić information content (AvgIpc) is 2.25. The van der Waals surface area contributed by atoms with Gasteiger partial charge in [0.05, 0.1) is 6.10 Å². The molecule has 90 valence electrons. The molecule has 1 aromatic carbocycles. The van der Waals surface area contributed by atoms with Crippen molar-refractivity contribution in [3.05, 3.63) is 28.2 Å². The van der Waals surface area contributed by atoms with Crippen molar-refractivity contribution in [1.29, 1.82) is 0 Å². The van der Waals surface area contributed by atoms with Crippen molar-refractivity contribution < 1.29 is 4.74 Å². The average molecular weight is 286 g/mol. The summed E-state index contributed by atoms with van der Waals surface area (Å²) >= 11 is 3.46. The Balaban J connectivity index is 2.95. The number of ether oxygens (including phenoxy) is 1. The molecule has 0 bridgehead atoms. The van der Waals surface area contributed by atoms with E-state index in [9.17, 15) is 0 Å². The highest BCUT2D eigenvalue weighted by molar-refractivity contribution is 9.10. The highest BCUT2D eigenvalue weighted by Crippen LogP contribution is 2.29. The zero-order chi connectivity index (χ0) is 12.1. The van der Waals surface area contributed by atoms with Gasteiger partial charge in [-0.15, -0.1) is 0 Å². The number of benzene rings is 1. The maximum absolute atomic E-state index is 5.98. The van der Waals surface area contributed by atoms with Gasteiger partial charge in [0.15, 0.2) is 0 Å². The van der Waals surface area contributed by atoms with E-state index in [1.165, 1.54) is 0 Å². The number of rotatable bonds is 5. The lowest BCUT2D eigenvalue weighted by Gasteiger charge is -2.20. The molecular formula is C13H20BrNO. The number of halogens is 1. The Morgan fingerprint density at radius 1 is 1.31 bits per heavy atom. The lowest BCUT2D eigenvalue weighted by molar-refractivity contribution is 0.190. The summed E-state index contributed by atoms with van der Waals surface area (Å²) in [5.41, 5.74) is 6.99. The molecule has 3 heteroatoms. The molecule has 0 saturated carbocycles. The van der Waals surface area contributed by atoms with Crippen molar-refractivity contribution in [1.82, 2.24) is 0 Å². The number of hydrogen-bond donors (Lipinski definition) is 1. The van der Waals surface area contributed by atoms with Crippen LogP contribution in [0.5, 0.6) is 5.75 Å². The van der Waals surface area contributed by atoms with Gasteiger partial charge in [0.2, 0.25) is 0 Å². The molecule has 0 saturated heterocycles. The van der Waals surface area contributed by atoms with Gasteiger partial charge in [-0.25, -0.2) is 0 Å². The highest BCUT2D eigenvalue weighted by atomic mass is 79.9. The minimum absolute atomic E-state index is 0.00235. The first-order valence-corrected chi connectivity index (χ1v) is 6.59. The SMILES string of the molecule is CCC(CC)Oc1cc(Br)ccc1[C@H](C)N. The monoisotopic (exact) mass is 285 g/mol. The molecule has 16 heavy (non-hydrogen) atoms. The van der Waals surface area contributed by atoms with Gasteiger partial charge >= 0.3 is 0 Å². The summed E-state index contributed by atoms with van der Waals surface area (Å²) in [5.74, 6) is 0.901. The summed E-state index contributed by atoms with van der Waals surface area (Å²) < 4.78 is 7.00. The molecule has 0 aliphatic carbocycles. The van der Waals surface area contributed by atoms with Crippen molar-refractivity contribution in [2.45, 2.75) is 45.8 Å². The molecular weight excluding hydrogens is 266 g/mol. The highest BCUT2D eigenvalue weighted by Gasteiger charge is 2.12. The van der Waals surface area contributed by atoms with Crippen LogP contribution in [0, 0.1) is 0 Å². The maximum atomic E-state index is 5.98. The quantitative estimate of drug-likeness (QED) is 0.886. The summed E-state index contributed by atoms with van der Waals surface area (Å²) in [6, 6.07) is 6.01. The molecule has 0 radical (unpaired) electrons. The topological polar surface area (TPSA) is 35.2 Å². The van der Waals surface area contributed by atoms with E-state index in [0.717, 1.165) is 28.6 Å². The van der Waals surface area contributed by atoms with Gasteiger partial charge in [0, 0.05) is 16.1 Å². The third-order valence-corrected chi connectivity index (χ3v) is 3.16. The standard InChI is InChI=1S/C13H20BrNO/c1-4-11(5-2)16-13-8-10(14)6-7-12(13)9(3)15/h6-9,11H,4-5,15H2,1-3H3/t9-/m0/s1. The normalized spacial score (nSPS) is 12.9. The molecule has 0 aliphatic rings. The van der Waals surface area contributed by atoms with Gasteiger partial charge in [0.1, 0.15) is 5.75 Å². The molecule has 1 aromatic rings. The second kappa shape index (κ2) is 6.26. The Labute approximate surface area is 106 Å². The predicted octanol–water partition coefficient (Wildman–Crippen LogP) is 4.04. The number of hydrogen-bond acceptors (Lipinski definition) is 2. The van der Waals surface area contributed by atoms with Crippen LogP contribution < -0.4 is 10.5 Å². The van der Waals surface area contributed by atoms with Gasteiger partial charge in [-0.05, 0) is 31.9 Å². The zero-order valence-corrected chi connectivity index (χ0v) is 11.8. The second-order valence-corrected chi connectivity index (χ2v) is 4.94. The van der Waals surface area contributed by atoms with E-state index in [4.69, 9.17) is 10.5 Å². The molecule has 2 N–H and O–H groups in total. The lowest BCUT2D eigenvalue weighted by Crippen LogP contribution is -2.16. The molecule has 1 rings (SSSR count). The Kier molecular flexibility index (Phi) is 5.29. The summed E-state index contributed by atoms with van der Waals surface area (Å²) in [7, 11) is 0. The van der Waals surface area contributed by atoms with Crippen molar-refractivity contribution in [3.63, 3.8) is 0 Å². The largest absolute Gasteiger partial charge is 0.490 e. The van der Waals surface area contributed by atoms with Crippen LogP contribution in [0.1, 0.15) is 45.2 Å². The zero-order valence-electron chi connectivity index (χ0n) is 10.2. The van der Waals surface area contributed by atoms with Crippen LogP contribution >= 0.6 is 15.9 Å². The summed E-state index contributed by atoms with van der Waals surface area (Å²) in [5, 5.41) is 0. The van der Waals surface area contributed by atoms with Crippen LogP contribution in [-0.2, 0) is 0 Å². The predicted molar refractivity (Wildman–Crippen MR) is 71.7 cm³/mol. The molecule has 0 aliphatic heterocycles. The lowest BCUT2D eigenvalue weighted by atomic mass is 10.1. The molecule has 0 amide bonds. The third kappa shape index (κ3) is 3.49. The van der Waals surface area contributed by atoms with Gasteiger partial charge in [0.25, 0.3) is 0 Å². The molecule has 0 aromatic heterocycles. The van der Waals surface area contributed by atoms with E-state index in [1.807, 2.05) is 25.1 Å². The fraction of sp³-hybridized carbons (Fsp3) is 0.538. The first-order chi connectivity index (χ1) is 7.58. The van der Waals surface area contributed by atoms with Gasteiger partial charge < -0.3 is 10.5 Å². The van der Waals surface area contributed by atoms with Crippen molar-refractivity contribution in [3.8, 4) is 5.75 Å². The Morgan fingerprint density at radius 2 is 1.94 bits per heavy atom. The van der Waals surface area contributed by atoms with Gasteiger partial charge in [-0.2, -0.15) is 0 Å². The second-order valence-electron chi connectivity index (χ2n) is 4.03. The van der Waals surface area contributed by atoms with Gasteiger partial charge in [-0.1, -0.05) is 35.8 Å². The maximum Gasteiger partial charge on any atom is 0.125 e. The van der Waals surface area contributed by atoms with Gasteiger partial charge in [-0.3, -0.25) is 0 Å². The van der Waals surface area contributed by atoms with E-state index in [0.29, 0.717) is 0 Å². The number of nitrogens with two attached hydrogens (primary N) is 1. The van der Waals surface area contributed by atoms with E-state index in [-0.39, 0.29) is 12.1 Å². The third-order valence-electron chi connectivity index (χ3n) is 2.67. The summed E-state index contributed by atoms with van der Waals surface area (Å²) in [4.78, 5) is 0. The van der Waals surface area contributed by atoms with Crippen LogP contribution in [0.4, 0.5) is 0 Å². The van der Waals surface area contributed by atoms with Crippen molar-refractivity contribution in [2.24, 2.45) is 5.73 Å². The first kappa shape index (κ1) is 13.5. The Bertz CT molecular complexity index is 335. The first-order valence-electron chi connectivity index (χ1n) is 5.80. The van der Waals surface area contributed by atoms with E-state index in [2.05, 4.69) is 29.8 Å².